The molecular formula is F2S2. The number of rotatable bonds is 1. The Hall–Kier alpha value is 0.560. The van der Waals surface area contributed by atoms with Crippen LogP contribution in [0.4, 0.5) is 7.77 Å². The van der Waals surface area contributed by atoms with E-state index in [4.69, 9.17) is 0 Å². The molecule has 0 aliphatic rings. The van der Waals surface area contributed by atoms with Crippen molar-refractivity contribution in [2.75, 3.05) is 0 Å². The standard InChI is InChI=1S/F2S2/c1-3-4-2. The zero-order chi connectivity index (χ0) is 3.41. The third-order valence-corrected chi connectivity index (χ3v) is 0.214. The maximum Gasteiger partial charge on any atom is 0.150 e. The first-order valence-corrected chi connectivity index (χ1v) is 2.43. The van der Waals surface area contributed by atoms with E-state index in [9.17, 15) is 7.77 Å². The van der Waals surface area contributed by atoms with Gasteiger partial charge in [0.1, 0.15) is 22.4 Å². The normalized spacial score (nSPS) is 7.50. The van der Waals surface area contributed by atoms with Crippen molar-refractivity contribution in [2.45, 2.75) is 0 Å². The fraction of sp³-hybridized carbons (Fsp3) is 0. The van der Waals surface area contributed by atoms with Crippen molar-refractivity contribution >= 4 is 22.4 Å². The molecule has 0 aliphatic carbocycles. The van der Waals surface area contributed by atoms with E-state index < -0.39 is 22.4 Å². The first-order valence-electron chi connectivity index (χ1n) is 0.475. The van der Waals surface area contributed by atoms with Crippen molar-refractivity contribution in [1.82, 2.24) is 0 Å². The van der Waals surface area contributed by atoms with E-state index in [0.29, 0.717) is 0 Å². The maximum absolute atomic E-state index is 10.2. The molecule has 4 heteroatoms. The molecule has 0 nitrogen and oxygen atoms in total. The highest BCUT2D eigenvalue weighted by Gasteiger charge is 1.69. The van der Waals surface area contributed by atoms with Crippen molar-refractivity contribution in [1.29, 1.82) is 0 Å². The van der Waals surface area contributed by atoms with Crippen LogP contribution in [0.5, 0.6) is 0 Å². The van der Waals surface area contributed by atoms with Gasteiger partial charge < -0.3 is 0 Å². The fourth-order valence-corrected chi connectivity index (χ4v) is 0. The molecule has 0 fully saturated rings. The van der Waals surface area contributed by atoms with Crippen LogP contribution in [0.2, 0.25) is 0 Å². The zero-order valence-electron chi connectivity index (χ0n) is 1.57. The fourth-order valence-electron chi connectivity index (χ4n) is 0. The summed E-state index contributed by atoms with van der Waals surface area (Å²) in [5.74, 6) is 0. The average Bonchev–Trinajstić information content (AvgIpc) is 1.37. The highest BCUT2D eigenvalue weighted by molar-refractivity contribution is 8.72. The lowest BCUT2D eigenvalue weighted by molar-refractivity contribution is 0.931. The van der Waals surface area contributed by atoms with E-state index in [0.717, 1.165) is 0 Å². The van der Waals surface area contributed by atoms with Crippen LogP contribution in [0.3, 0.4) is 0 Å². The Kier molecular flexibility index (Phi) is 4.06. The highest BCUT2D eigenvalue weighted by atomic mass is 33.1. The van der Waals surface area contributed by atoms with Crippen molar-refractivity contribution in [3.8, 4) is 0 Å². The van der Waals surface area contributed by atoms with E-state index in [1.807, 2.05) is 0 Å². The Morgan fingerprint density at radius 1 is 1.00 bits per heavy atom. The van der Waals surface area contributed by atoms with Crippen LogP contribution in [0.15, 0.2) is 0 Å². The summed E-state index contributed by atoms with van der Waals surface area (Å²) in [4.78, 5) is 0. The van der Waals surface area contributed by atoms with Gasteiger partial charge in [-0.3, -0.25) is 0 Å². The molecule has 0 saturated carbocycles. The molecule has 0 aromatic heterocycles. The lowest BCUT2D eigenvalue weighted by atomic mass is 18.9. The Balaban J connectivity index is 1.97. The third-order valence-electron chi connectivity index (χ3n) is 0.0238. The molecule has 0 heterocycles. The molecule has 0 saturated heterocycles. The van der Waals surface area contributed by atoms with Gasteiger partial charge in [-0.25, -0.2) is 0 Å². The first-order chi connectivity index (χ1) is 1.91. The highest BCUT2D eigenvalue weighted by Crippen LogP contribution is 2.21. The minimum atomic E-state index is -0.394. The van der Waals surface area contributed by atoms with E-state index >= 15 is 0 Å². The molecule has 0 aromatic carbocycles. The van der Waals surface area contributed by atoms with Gasteiger partial charge in [-0.05, 0) is 0 Å². The topological polar surface area (TPSA) is 0 Å². The largest absolute Gasteiger partial charge is 0.150 e. The summed E-state index contributed by atoms with van der Waals surface area (Å²) in [7, 11) is 0. The lowest BCUT2D eigenvalue weighted by Gasteiger charge is -1.56. The summed E-state index contributed by atoms with van der Waals surface area (Å²) in [6, 6.07) is 0. The summed E-state index contributed by atoms with van der Waals surface area (Å²) < 4.78 is 20.5. The lowest BCUT2D eigenvalue weighted by Crippen LogP contribution is -1.04. The Morgan fingerprint density at radius 3 is 1.25 bits per heavy atom. The molecule has 4 heavy (non-hydrogen) atoms. The van der Waals surface area contributed by atoms with E-state index in [2.05, 4.69) is 0 Å². The molecule has 0 aromatic rings. The predicted molar refractivity (Wildman–Crippen MR) is 17.4 cm³/mol. The van der Waals surface area contributed by atoms with Gasteiger partial charge in [0.15, 0.2) is 0 Å². The molecule has 0 N–H and O–H groups in total. The van der Waals surface area contributed by atoms with Crippen LogP contribution in [0.1, 0.15) is 0 Å². The second kappa shape index (κ2) is 3.56. The van der Waals surface area contributed by atoms with Crippen LogP contribution in [-0.2, 0) is 0 Å². The summed E-state index contributed by atoms with van der Waals surface area (Å²) in [5.41, 5.74) is 0. The van der Waals surface area contributed by atoms with Crippen molar-refractivity contribution in [3.05, 3.63) is 0 Å². The van der Waals surface area contributed by atoms with Gasteiger partial charge in [0.25, 0.3) is 0 Å². The monoisotopic (exact) mass is 102 g/mol. The van der Waals surface area contributed by atoms with Gasteiger partial charge in [-0.1, -0.05) is 0 Å². The van der Waals surface area contributed by atoms with Gasteiger partial charge in [-0.15, -0.1) is 7.77 Å². The van der Waals surface area contributed by atoms with E-state index in [-0.39, 0.29) is 0 Å². The number of halogens is 2. The Labute approximate surface area is 30.9 Å². The molecule has 0 amide bonds. The molecule has 0 aliphatic heterocycles. The average molecular weight is 102 g/mol. The number of hydrogen-bond acceptors (Lipinski definition) is 2. The molecular weight excluding hydrogens is 102 g/mol. The SMILES string of the molecule is FSSF. The molecule has 0 radical (unpaired) electrons. The maximum atomic E-state index is 10.2. The third kappa shape index (κ3) is 2.56. The summed E-state index contributed by atoms with van der Waals surface area (Å²) in [6.07, 6.45) is 0. The van der Waals surface area contributed by atoms with Gasteiger partial charge in [0.05, 0.1) is 0 Å². The Bertz CT molecular complexity index is 6.00. The van der Waals surface area contributed by atoms with Crippen LogP contribution in [-0.4, -0.2) is 0 Å². The smallest absolute Gasteiger partial charge is 0.150 e. The van der Waals surface area contributed by atoms with Gasteiger partial charge in [-0.2, -0.15) is 0 Å². The minimum absolute atomic E-state index is 0.394. The van der Waals surface area contributed by atoms with Crippen LogP contribution >= 0.6 is 22.4 Å². The van der Waals surface area contributed by atoms with E-state index in [1.165, 1.54) is 0 Å². The van der Waals surface area contributed by atoms with Crippen molar-refractivity contribution in [3.63, 3.8) is 0 Å². The molecule has 0 bridgehead atoms. The van der Waals surface area contributed by atoms with Gasteiger partial charge >= 0.3 is 0 Å². The second-order valence-corrected chi connectivity index (χ2v) is 1.13. The second-order valence-electron chi connectivity index (χ2n) is 0.126. The Morgan fingerprint density at radius 2 is 1.25 bits per heavy atom. The summed E-state index contributed by atoms with van der Waals surface area (Å²) in [6.45, 7) is 0. The zero-order valence-corrected chi connectivity index (χ0v) is 3.21. The van der Waals surface area contributed by atoms with Crippen molar-refractivity contribution < 1.29 is 7.77 Å². The number of hydrogen-bond donors (Lipinski definition) is 0. The van der Waals surface area contributed by atoms with Gasteiger partial charge in [0.2, 0.25) is 0 Å². The minimum Gasteiger partial charge on any atom is -0.150 e. The van der Waals surface area contributed by atoms with Crippen LogP contribution < -0.4 is 0 Å². The predicted octanol–water partition coefficient (Wildman–Crippen LogP) is 2.14. The van der Waals surface area contributed by atoms with Crippen LogP contribution in [0, 0.1) is 0 Å². The van der Waals surface area contributed by atoms with Crippen molar-refractivity contribution in [2.24, 2.45) is 0 Å². The van der Waals surface area contributed by atoms with Crippen LogP contribution in [0.25, 0.3) is 0 Å². The molecule has 0 unspecified atom stereocenters. The van der Waals surface area contributed by atoms with Gasteiger partial charge in [0, 0.05) is 0 Å². The molecule has 0 spiro atoms. The first kappa shape index (κ1) is 4.56. The molecule has 26 valence electrons. The summed E-state index contributed by atoms with van der Waals surface area (Å²) >= 11 is -0.787. The summed E-state index contributed by atoms with van der Waals surface area (Å²) in [5, 5.41) is 0. The van der Waals surface area contributed by atoms with E-state index in [1.54, 1.807) is 0 Å². The molecule has 0 atom stereocenters. The quantitative estimate of drug-likeness (QED) is 0.465. The molecule has 0 rings (SSSR count).